The van der Waals surface area contributed by atoms with Gasteiger partial charge in [0.25, 0.3) is 0 Å². The molecule has 1 aliphatic heterocycles. The predicted octanol–water partition coefficient (Wildman–Crippen LogP) is 4.45. The van der Waals surface area contributed by atoms with Gasteiger partial charge in [-0.3, -0.25) is 4.79 Å². The van der Waals surface area contributed by atoms with Crippen molar-refractivity contribution in [2.75, 3.05) is 6.54 Å². The van der Waals surface area contributed by atoms with Gasteiger partial charge in [0.2, 0.25) is 0 Å². The van der Waals surface area contributed by atoms with Gasteiger partial charge in [-0.1, -0.05) is 38.2 Å². The summed E-state index contributed by atoms with van der Waals surface area (Å²) in [6.07, 6.45) is 7.50. The van der Waals surface area contributed by atoms with Crippen LogP contribution in [0, 0.1) is 17.7 Å². The van der Waals surface area contributed by atoms with Crippen molar-refractivity contribution in [3.05, 3.63) is 35.1 Å². The largest absolute Gasteiger partial charge is 0.456 e. The summed E-state index contributed by atoms with van der Waals surface area (Å²) >= 11 is 0. The van der Waals surface area contributed by atoms with E-state index >= 15 is 0 Å². The number of esters is 1. The molecular formula is C23H32FNO3. The van der Waals surface area contributed by atoms with Crippen molar-refractivity contribution in [1.29, 1.82) is 0 Å². The van der Waals surface area contributed by atoms with E-state index in [1.165, 1.54) is 44.2 Å². The minimum absolute atomic E-state index is 0.0924. The zero-order chi connectivity index (χ0) is 20.3. The standard InChI is InChI=1S/C23H32FNO3/c1-23(2,3)28-22(27)18-10-9-15(13-19(18)24)14-20(26)21-17(11-12-25-21)16-7-5-4-6-8-16/h9-10,13,16-17,21,25H,4-8,11-12,14H2,1-3H3/t17-,21-/m0/s1. The first-order valence-electron chi connectivity index (χ1n) is 10.5. The molecule has 2 atom stereocenters. The zero-order valence-electron chi connectivity index (χ0n) is 17.2. The number of nitrogens with one attached hydrogen (secondary N) is 1. The molecule has 2 aliphatic rings. The minimum Gasteiger partial charge on any atom is -0.456 e. The van der Waals surface area contributed by atoms with Crippen molar-refractivity contribution in [2.24, 2.45) is 11.8 Å². The van der Waals surface area contributed by atoms with E-state index < -0.39 is 17.4 Å². The SMILES string of the molecule is CC(C)(C)OC(=O)c1ccc(CC(=O)[C@H]2NCC[C@H]2C2CCCCC2)cc1F. The van der Waals surface area contributed by atoms with E-state index in [1.54, 1.807) is 26.8 Å². The number of halogens is 1. The summed E-state index contributed by atoms with van der Waals surface area (Å²) in [5.74, 6) is -0.166. The molecule has 0 aromatic heterocycles. The van der Waals surface area contributed by atoms with E-state index in [2.05, 4.69) is 5.32 Å². The van der Waals surface area contributed by atoms with Crippen LogP contribution in [0.1, 0.15) is 75.2 Å². The molecule has 3 rings (SSSR count). The fourth-order valence-corrected chi connectivity index (χ4v) is 4.62. The molecule has 0 radical (unpaired) electrons. The van der Waals surface area contributed by atoms with E-state index in [0.29, 0.717) is 17.4 Å². The van der Waals surface area contributed by atoms with Crippen LogP contribution in [-0.4, -0.2) is 29.9 Å². The smallest absolute Gasteiger partial charge is 0.341 e. The lowest BCUT2D eigenvalue weighted by molar-refractivity contribution is -0.121. The Kier molecular flexibility index (Phi) is 6.54. The number of rotatable bonds is 5. The highest BCUT2D eigenvalue weighted by Gasteiger charge is 2.37. The second-order valence-corrected chi connectivity index (χ2v) is 9.24. The Balaban J connectivity index is 1.65. The maximum atomic E-state index is 14.4. The Bertz CT molecular complexity index is 719. The summed E-state index contributed by atoms with van der Waals surface area (Å²) in [6.45, 7) is 6.11. The molecule has 0 amide bonds. The number of hydrogen-bond acceptors (Lipinski definition) is 4. The fraction of sp³-hybridized carbons (Fsp3) is 0.652. The maximum Gasteiger partial charge on any atom is 0.341 e. The quantitative estimate of drug-likeness (QED) is 0.756. The van der Waals surface area contributed by atoms with Gasteiger partial charge in [-0.15, -0.1) is 0 Å². The first-order chi connectivity index (χ1) is 13.2. The molecule has 1 aliphatic carbocycles. The molecule has 1 saturated carbocycles. The summed E-state index contributed by atoms with van der Waals surface area (Å²) in [4.78, 5) is 25.0. The number of ether oxygens (including phenoxy) is 1. The lowest BCUT2D eigenvalue weighted by Crippen LogP contribution is -2.40. The first-order valence-corrected chi connectivity index (χ1v) is 10.5. The van der Waals surface area contributed by atoms with Crippen LogP contribution in [0.4, 0.5) is 4.39 Å². The van der Waals surface area contributed by atoms with Crippen molar-refractivity contribution in [3.8, 4) is 0 Å². The molecule has 1 aromatic carbocycles. The molecule has 1 aromatic rings. The van der Waals surface area contributed by atoms with Crippen molar-refractivity contribution in [3.63, 3.8) is 0 Å². The van der Waals surface area contributed by atoms with Gasteiger partial charge in [-0.05, 0) is 63.3 Å². The van der Waals surface area contributed by atoms with Gasteiger partial charge in [0.05, 0.1) is 11.6 Å². The number of benzene rings is 1. The summed E-state index contributed by atoms with van der Waals surface area (Å²) in [5.41, 5.74) is -0.170. The molecule has 2 fully saturated rings. The molecule has 1 N–H and O–H groups in total. The molecule has 28 heavy (non-hydrogen) atoms. The molecule has 4 nitrogen and oxygen atoms in total. The van der Waals surface area contributed by atoms with Crippen LogP contribution in [0.2, 0.25) is 0 Å². The summed E-state index contributed by atoms with van der Waals surface area (Å²) in [6, 6.07) is 4.25. The van der Waals surface area contributed by atoms with E-state index in [-0.39, 0.29) is 23.8 Å². The Morgan fingerprint density at radius 1 is 1.14 bits per heavy atom. The van der Waals surface area contributed by atoms with Crippen molar-refractivity contribution < 1.29 is 18.7 Å². The number of hydrogen-bond donors (Lipinski definition) is 1. The van der Waals surface area contributed by atoms with Crippen molar-refractivity contribution in [2.45, 2.75) is 77.4 Å². The summed E-state index contributed by atoms with van der Waals surface area (Å²) < 4.78 is 19.7. The maximum absolute atomic E-state index is 14.4. The first kappa shape index (κ1) is 21.0. The minimum atomic E-state index is -0.683. The van der Waals surface area contributed by atoms with Gasteiger partial charge >= 0.3 is 5.97 Å². The molecule has 5 heteroatoms. The van der Waals surface area contributed by atoms with Crippen molar-refractivity contribution >= 4 is 11.8 Å². The monoisotopic (exact) mass is 389 g/mol. The predicted molar refractivity (Wildman–Crippen MR) is 107 cm³/mol. The molecule has 1 heterocycles. The molecule has 0 unspecified atom stereocenters. The van der Waals surface area contributed by atoms with Crippen LogP contribution in [0.5, 0.6) is 0 Å². The van der Waals surface area contributed by atoms with Crippen LogP contribution in [0.15, 0.2) is 18.2 Å². The average Bonchev–Trinajstić information content (AvgIpc) is 3.11. The fourth-order valence-electron chi connectivity index (χ4n) is 4.62. The third kappa shape index (κ3) is 5.19. The Labute approximate surface area is 167 Å². The normalized spacial score (nSPS) is 23.6. The van der Waals surface area contributed by atoms with Gasteiger partial charge in [-0.25, -0.2) is 9.18 Å². The lowest BCUT2D eigenvalue weighted by atomic mass is 9.75. The number of carbonyl (C=O) groups is 2. The van der Waals surface area contributed by atoms with Crippen LogP contribution in [-0.2, 0) is 16.0 Å². The highest BCUT2D eigenvalue weighted by Crippen LogP contribution is 2.36. The van der Waals surface area contributed by atoms with Gasteiger partial charge < -0.3 is 10.1 Å². The van der Waals surface area contributed by atoms with Crippen LogP contribution < -0.4 is 5.32 Å². The van der Waals surface area contributed by atoms with Gasteiger partial charge in [0, 0.05) is 6.42 Å². The molecule has 0 spiro atoms. The second-order valence-electron chi connectivity index (χ2n) is 9.24. The topological polar surface area (TPSA) is 55.4 Å². The number of ketones is 1. The highest BCUT2D eigenvalue weighted by atomic mass is 19.1. The number of carbonyl (C=O) groups excluding carboxylic acids is 2. The Hall–Kier alpha value is -1.75. The van der Waals surface area contributed by atoms with E-state index in [4.69, 9.17) is 4.74 Å². The van der Waals surface area contributed by atoms with Gasteiger partial charge in [0.15, 0.2) is 5.78 Å². The Morgan fingerprint density at radius 3 is 2.50 bits per heavy atom. The lowest BCUT2D eigenvalue weighted by Gasteiger charge is -2.30. The third-order valence-corrected chi connectivity index (χ3v) is 5.90. The van der Waals surface area contributed by atoms with E-state index in [0.717, 1.165) is 13.0 Å². The molecular weight excluding hydrogens is 357 g/mol. The highest BCUT2D eigenvalue weighted by molar-refractivity contribution is 5.90. The molecule has 154 valence electrons. The summed E-state index contributed by atoms with van der Waals surface area (Å²) in [5, 5.41) is 3.38. The zero-order valence-corrected chi connectivity index (χ0v) is 17.2. The van der Waals surface area contributed by atoms with Crippen molar-refractivity contribution in [1.82, 2.24) is 5.32 Å². The van der Waals surface area contributed by atoms with Gasteiger partial charge in [-0.2, -0.15) is 0 Å². The van der Waals surface area contributed by atoms with Gasteiger partial charge in [0.1, 0.15) is 11.4 Å². The molecule has 0 bridgehead atoms. The molecule has 1 saturated heterocycles. The average molecular weight is 390 g/mol. The van der Waals surface area contributed by atoms with Crippen LogP contribution in [0.3, 0.4) is 0 Å². The number of Topliss-reactive ketones (excluding diaryl/α,β-unsaturated/α-hetero) is 1. The third-order valence-electron chi connectivity index (χ3n) is 5.90. The summed E-state index contributed by atoms with van der Waals surface area (Å²) in [7, 11) is 0. The van der Waals surface area contributed by atoms with E-state index in [9.17, 15) is 14.0 Å². The van der Waals surface area contributed by atoms with Crippen LogP contribution >= 0.6 is 0 Å². The van der Waals surface area contributed by atoms with Crippen LogP contribution in [0.25, 0.3) is 0 Å². The second kappa shape index (κ2) is 8.73. The Morgan fingerprint density at radius 2 is 1.86 bits per heavy atom. The van der Waals surface area contributed by atoms with E-state index in [1.807, 2.05) is 0 Å².